The Bertz CT molecular complexity index is 986. The van der Waals surface area contributed by atoms with Gasteiger partial charge in [0.05, 0.1) is 25.1 Å². The van der Waals surface area contributed by atoms with Crippen LogP contribution in [0.25, 0.3) is 5.65 Å². The van der Waals surface area contributed by atoms with Gasteiger partial charge in [-0.25, -0.2) is 9.37 Å². The summed E-state index contributed by atoms with van der Waals surface area (Å²) in [7, 11) is 0. The minimum atomic E-state index is -0.422. The molecule has 8 heteroatoms. The van der Waals surface area contributed by atoms with E-state index in [2.05, 4.69) is 26.2 Å². The van der Waals surface area contributed by atoms with Crippen LogP contribution < -0.4 is 5.32 Å². The van der Waals surface area contributed by atoms with Gasteiger partial charge in [0.15, 0.2) is 0 Å². The molecule has 2 heterocycles. The van der Waals surface area contributed by atoms with Crippen LogP contribution in [-0.2, 0) is 27.2 Å². The first-order chi connectivity index (χ1) is 13.0. The molecule has 1 amide bonds. The zero-order chi connectivity index (χ0) is 19.4. The van der Waals surface area contributed by atoms with Crippen LogP contribution in [0.2, 0.25) is 0 Å². The molecule has 0 atom stereocenters. The number of esters is 1. The molecular formula is C19H17BrFN3O3. The summed E-state index contributed by atoms with van der Waals surface area (Å²) in [6, 6.07) is 9.31. The number of fused-ring (bicyclic) bond motifs is 1. The number of carbonyl (C=O) groups is 2. The van der Waals surface area contributed by atoms with Crippen LogP contribution in [0.5, 0.6) is 0 Å². The topological polar surface area (TPSA) is 72.7 Å². The van der Waals surface area contributed by atoms with Gasteiger partial charge >= 0.3 is 5.97 Å². The number of imidazole rings is 1. The van der Waals surface area contributed by atoms with E-state index in [0.29, 0.717) is 22.7 Å². The van der Waals surface area contributed by atoms with E-state index < -0.39 is 5.97 Å². The number of halogens is 2. The van der Waals surface area contributed by atoms with Gasteiger partial charge in [0.2, 0.25) is 5.91 Å². The Hall–Kier alpha value is -2.74. The lowest BCUT2D eigenvalue weighted by molar-refractivity contribution is -0.142. The van der Waals surface area contributed by atoms with Crippen molar-refractivity contribution < 1.29 is 18.7 Å². The van der Waals surface area contributed by atoms with E-state index in [1.54, 1.807) is 35.7 Å². The second-order valence-corrected chi connectivity index (χ2v) is 6.73. The number of nitrogens with one attached hydrogen (secondary N) is 1. The Labute approximate surface area is 163 Å². The Morgan fingerprint density at radius 3 is 2.63 bits per heavy atom. The van der Waals surface area contributed by atoms with Crippen LogP contribution in [0.1, 0.15) is 18.2 Å². The monoisotopic (exact) mass is 433 g/mol. The van der Waals surface area contributed by atoms with Crippen molar-refractivity contribution >= 4 is 39.3 Å². The summed E-state index contributed by atoms with van der Waals surface area (Å²) < 4.78 is 20.5. The van der Waals surface area contributed by atoms with Crippen molar-refractivity contribution in [3.8, 4) is 0 Å². The van der Waals surface area contributed by atoms with E-state index in [1.165, 1.54) is 12.1 Å². The molecule has 0 aliphatic heterocycles. The minimum absolute atomic E-state index is 0.0562. The predicted octanol–water partition coefficient (Wildman–Crippen LogP) is 3.52. The Balaban J connectivity index is 1.88. The number of pyridine rings is 1. The van der Waals surface area contributed by atoms with Gasteiger partial charge in [-0.1, -0.05) is 12.1 Å². The summed E-state index contributed by atoms with van der Waals surface area (Å²) in [5.41, 5.74) is 1.68. The normalized spacial score (nSPS) is 10.8. The number of aromatic nitrogens is 2. The van der Waals surface area contributed by atoms with E-state index >= 15 is 0 Å². The molecule has 0 aliphatic rings. The number of benzene rings is 1. The standard InChI is InChI=1S/C19H17BrFN3O3/c1-2-27-18(26)10-15-19(24-11-13(20)5-8-16(24)22-15)23-17(25)9-12-3-6-14(21)7-4-12/h3-8,11H,2,9-10H2,1H3,(H,23,25). The molecule has 0 fully saturated rings. The van der Waals surface area contributed by atoms with Crippen LogP contribution in [0.3, 0.4) is 0 Å². The number of hydrogen-bond acceptors (Lipinski definition) is 4. The zero-order valence-corrected chi connectivity index (χ0v) is 16.1. The van der Waals surface area contributed by atoms with E-state index in [-0.39, 0.29) is 31.2 Å². The molecule has 2 aromatic heterocycles. The molecule has 0 spiro atoms. The number of ether oxygens (including phenoxy) is 1. The maximum atomic E-state index is 13.0. The van der Waals surface area contributed by atoms with E-state index in [0.717, 1.165) is 4.47 Å². The van der Waals surface area contributed by atoms with Crippen LogP contribution in [-0.4, -0.2) is 27.9 Å². The lowest BCUT2D eigenvalue weighted by atomic mass is 10.1. The predicted molar refractivity (Wildman–Crippen MR) is 102 cm³/mol. The Morgan fingerprint density at radius 1 is 1.19 bits per heavy atom. The van der Waals surface area contributed by atoms with Gasteiger partial charge in [-0.3, -0.25) is 14.0 Å². The largest absolute Gasteiger partial charge is 0.466 e. The van der Waals surface area contributed by atoms with E-state index in [1.807, 2.05) is 6.07 Å². The third-order valence-electron chi connectivity index (χ3n) is 3.81. The summed E-state index contributed by atoms with van der Waals surface area (Å²) in [5, 5.41) is 2.81. The van der Waals surface area contributed by atoms with Crippen molar-refractivity contribution in [1.82, 2.24) is 9.38 Å². The number of nitrogens with zero attached hydrogens (tertiary/aromatic N) is 2. The fraction of sp³-hybridized carbons (Fsp3) is 0.211. The molecule has 0 radical (unpaired) electrons. The molecule has 3 rings (SSSR count). The number of anilines is 1. The SMILES string of the molecule is CCOC(=O)Cc1nc2ccc(Br)cn2c1NC(=O)Cc1ccc(F)cc1. The summed E-state index contributed by atoms with van der Waals surface area (Å²) in [5.74, 6) is -0.670. The molecule has 1 N–H and O–H groups in total. The quantitative estimate of drug-likeness (QED) is 0.603. The smallest absolute Gasteiger partial charge is 0.312 e. The Kier molecular flexibility index (Phi) is 5.85. The minimum Gasteiger partial charge on any atom is -0.466 e. The maximum absolute atomic E-state index is 13.0. The highest BCUT2D eigenvalue weighted by Crippen LogP contribution is 2.22. The third-order valence-corrected chi connectivity index (χ3v) is 4.28. The molecule has 3 aromatic rings. The summed E-state index contributed by atoms with van der Waals surface area (Å²) in [4.78, 5) is 28.8. The highest BCUT2D eigenvalue weighted by atomic mass is 79.9. The summed E-state index contributed by atoms with van der Waals surface area (Å²) >= 11 is 3.39. The molecule has 0 bridgehead atoms. The maximum Gasteiger partial charge on any atom is 0.312 e. The summed E-state index contributed by atoms with van der Waals surface area (Å²) in [6.07, 6.45) is 1.77. The lowest BCUT2D eigenvalue weighted by Gasteiger charge is -2.08. The molecule has 140 valence electrons. The fourth-order valence-corrected chi connectivity index (χ4v) is 2.97. The number of amides is 1. The highest BCUT2D eigenvalue weighted by molar-refractivity contribution is 9.10. The van der Waals surface area contributed by atoms with Crippen LogP contribution >= 0.6 is 15.9 Å². The molecule has 0 aliphatic carbocycles. The van der Waals surface area contributed by atoms with E-state index in [9.17, 15) is 14.0 Å². The Morgan fingerprint density at radius 2 is 1.93 bits per heavy atom. The number of carbonyl (C=O) groups excluding carboxylic acids is 2. The second kappa shape index (κ2) is 8.30. The highest BCUT2D eigenvalue weighted by Gasteiger charge is 2.18. The zero-order valence-electron chi connectivity index (χ0n) is 14.5. The molecule has 27 heavy (non-hydrogen) atoms. The van der Waals surface area contributed by atoms with Crippen molar-refractivity contribution in [1.29, 1.82) is 0 Å². The average Bonchev–Trinajstić information content (AvgIpc) is 2.94. The fourth-order valence-electron chi connectivity index (χ4n) is 2.64. The van der Waals surface area contributed by atoms with Crippen molar-refractivity contribution in [3.05, 3.63) is 64.1 Å². The van der Waals surface area contributed by atoms with Crippen LogP contribution in [0.4, 0.5) is 10.2 Å². The van der Waals surface area contributed by atoms with Crippen LogP contribution in [0, 0.1) is 5.82 Å². The first-order valence-electron chi connectivity index (χ1n) is 8.32. The molecule has 6 nitrogen and oxygen atoms in total. The lowest BCUT2D eigenvalue weighted by Crippen LogP contribution is -2.18. The number of rotatable bonds is 6. The molecule has 1 aromatic carbocycles. The van der Waals surface area contributed by atoms with Gasteiger partial charge in [-0.15, -0.1) is 0 Å². The van der Waals surface area contributed by atoms with Crippen molar-refractivity contribution in [3.63, 3.8) is 0 Å². The van der Waals surface area contributed by atoms with Gasteiger partial charge in [-0.05, 0) is 52.7 Å². The van der Waals surface area contributed by atoms with E-state index in [4.69, 9.17) is 4.74 Å². The second-order valence-electron chi connectivity index (χ2n) is 5.82. The first kappa shape index (κ1) is 19.0. The van der Waals surface area contributed by atoms with Gasteiger partial charge < -0.3 is 10.1 Å². The average molecular weight is 434 g/mol. The summed E-state index contributed by atoms with van der Waals surface area (Å²) in [6.45, 7) is 1.99. The molecule has 0 saturated carbocycles. The van der Waals surface area contributed by atoms with Crippen molar-refractivity contribution in [2.45, 2.75) is 19.8 Å². The van der Waals surface area contributed by atoms with Gasteiger partial charge in [0.25, 0.3) is 0 Å². The number of hydrogen-bond donors (Lipinski definition) is 1. The molecule has 0 saturated heterocycles. The van der Waals surface area contributed by atoms with Gasteiger partial charge in [0.1, 0.15) is 17.3 Å². The third kappa shape index (κ3) is 4.71. The van der Waals surface area contributed by atoms with Crippen LogP contribution in [0.15, 0.2) is 47.1 Å². The van der Waals surface area contributed by atoms with Gasteiger partial charge in [0, 0.05) is 10.7 Å². The van der Waals surface area contributed by atoms with Crippen molar-refractivity contribution in [2.24, 2.45) is 0 Å². The molecule has 0 unspecified atom stereocenters. The van der Waals surface area contributed by atoms with Crippen molar-refractivity contribution in [2.75, 3.05) is 11.9 Å². The molecular weight excluding hydrogens is 417 g/mol. The van der Waals surface area contributed by atoms with Gasteiger partial charge in [-0.2, -0.15) is 0 Å². The first-order valence-corrected chi connectivity index (χ1v) is 9.12.